The van der Waals surface area contributed by atoms with Crippen LogP contribution in [0.4, 0.5) is 0 Å². The van der Waals surface area contributed by atoms with E-state index in [1.165, 1.54) is 18.2 Å². The van der Waals surface area contributed by atoms with E-state index in [0.717, 1.165) is 0 Å². The molecule has 0 aromatic heterocycles. The zero-order chi connectivity index (χ0) is 13.8. The van der Waals surface area contributed by atoms with Crippen LogP contribution in [0.25, 0.3) is 0 Å². The molecular weight excluding hydrogens is 297 g/mol. The Morgan fingerprint density at radius 2 is 2.00 bits per heavy atom. The van der Waals surface area contributed by atoms with Crippen LogP contribution in [-0.2, 0) is 9.84 Å². The minimum Gasteiger partial charge on any atom is -0.396 e. The monoisotopic (exact) mass is 311 g/mol. The molecule has 1 atom stereocenters. The zero-order valence-corrected chi connectivity index (χ0v) is 12.2. The first-order valence-electron chi connectivity index (χ1n) is 5.36. The van der Waals surface area contributed by atoms with Gasteiger partial charge in [-0.05, 0) is 31.7 Å². The Bertz CT molecular complexity index is 505. The molecule has 0 amide bonds. The molecule has 0 aliphatic heterocycles. The maximum Gasteiger partial charge on any atom is 0.179 e. The van der Waals surface area contributed by atoms with Crippen LogP contribution in [0.5, 0.6) is 0 Å². The molecule has 4 nitrogen and oxygen atoms in total. The minimum absolute atomic E-state index is 0.0671. The third kappa shape index (κ3) is 4.10. The number of hydrogen-bond donors (Lipinski definition) is 2. The molecule has 1 unspecified atom stereocenters. The Kier molecular flexibility index (Phi) is 5.88. The molecule has 2 N–H and O–H groups in total. The normalized spacial score (nSPS) is 13.6. The fourth-order valence-corrected chi connectivity index (χ4v) is 3.49. The second-order valence-electron chi connectivity index (χ2n) is 3.86. The van der Waals surface area contributed by atoms with Crippen LogP contribution in [0.15, 0.2) is 23.1 Å². The summed E-state index contributed by atoms with van der Waals surface area (Å²) in [6.07, 6.45) is 0.372. The number of nitrogens with one attached hydrogen (secondary N) is 1. The summed E-state index contributed by atoms with van der Waals surface area (Å²) in [7, 11) is -1.79. The van der Waals surface area contributed by atoms with Crippen LogP contribution in [0.1, 0.15) is 6.42 Å². The molecule has 0 aliphatic carbocycles. The lowest BCUT2D eigenvalue weighted by Gasteiger charge is -2.15. The van der Waals surface area contributed by atoms with Gasteiger partial charge in [0.05, 0.1) is 20.7 Å². The minimum atomic E-state index is -3.45. The second-order valence-corrected chi connectivity index (χ2v) is 6.70. The molecule has 102 valence electrons. The van der Waals surface area contributed by atoms with Crippen molar-refractivity contribution in [2.24, 2.45) is 0 Å². The van der Waals surface area contributed by atoms with Gasteiger partial charge in [0.15, 0.2) is 9.84 Å². The highest BCUT2D eigenvalue weighted by Gasteiger charge is 2.20. The number of sulfone groups is 1. The van der Waals surface area contributed by atoms with Crippen molar-refractivity contribution in [1.29, 1.82) is 0 Å². The van der Waals surface area contributed by atoms with Crippen molar-refractivity contribution in [2.45, 2.75) is 17.4 Å². The van der Waals surface area contributed by atoms with Gasteiger partial charge in [0, 0.05) is 12.6 Å². The van der Waals surface area contributed by atoms with Crippen molar-refractivity contribution >= 4 is 33.0 Å². The number of halogens is 2. The number of hydrogen-bond acceptors (Lipinski definition) is 4. The molecule has 0 saturated carbocycles. The topological polar surface area (TPSA) is 66.4 Å². The predicted octanol–water partition coefficient (Wildman–Crippen LogP) is 1.74. The fourth-order valence-electron chi connectivity index (χ4n) is 1.50. The van der Waals surface area contributed by atoms with Crippen molar-refractivity contribution in [2.75, 3.05) is 19.4 Å². The van der Waals surface area contributed by atoms with Crippen molar-refractivity contribution in [3.05, 3.63) is 28.2 Å². The standard InChI is InChI=1S/C11H15Cl2NO3S/c1-14-8(4-5-15)7-18(16,17)9-2-3-10(12)11(13)6-9/h2-3,6,8,14-15H,4-5,7H2,1H3. The average molecular weight is 312 g/mol. The van der Waals surface area contributed by atoms with Crippen LogP contribution in [0.3, 0.4) is 0 Å². The number of aliphatic hydroxyl groups excluding tert-OH is 1. The van der Waals surface area contributed by atoms with Crippen molar-refractivity contribution < 1.29 is 13.5 Å². The SMILES string of the molecule is CNC(CCO)CS(=O)(=O)c1ccc(Cl)c(Cl)c1. The van der Waals surface area contributed by atoms with Gasteiger partial charge in [-0.1, -0.05) is 23.2 Å². The summed E-state index contributed by atoms with van der Waals surface area (Å²) in [5.74, 6) is -0.0952. The molecule has 18 heavy (non-hydrogen) atoms. The van der Waals surface area contributed by atoms with Gasteiger partial charge >= 0.3 is 0 Å². The van der Waals surface area contributed by atoms with Gasteiger partial charge in [0.1, 0.15) is 0 Å². The Labute approximate surface area is 117 Å². The highest BCUT2D eigenvalue weighted by atomic mass is 35.5. The van der Waals surface area contributed by atoms with E-state index in [9.17, 15) is 8.42 Å². The van der Waals surface area contributed by atoms with Gasteiger partial charge in [-0.2, -0.15) is 0 Å². The number of benzene rings is 1. The van der Waals surface area contributed by atoms with Crippen LogP contribution in [0.2, 0.25) is 10.0 Å². The summed E-state index contributed by atoms with van der Waals surface area (Å²) in [6, 6.07) is 3.92. The third-order valence-electron chi connectivity index (χ3n) is 2.56. The molecule has 1 rings (SSSR count). The first-order chi connectivity index (χ1) is 8.40. The molecule has 1 aromatic carbocycles. The summed E-state index contributed by atoms with van der Waals surface area (Å²) < 4.78 is 24.2. The van der Waals surface area contributed by atoms with Crippen LogP contribution in [-0.4, -0.2) is 39.0 Å². The molecule has 1 aromatic rings. The molecule has 0 spiro atoms. The Balaban J connectivity index is 2.95. The lowest BCUT2D eigenvalue weighted by atomic mass is 10.2. The van der Waals surface area contributed by atoms with E-state index in [1.54, 1.807) is 7.05 Å². The number of rotatable bonds is 6. The maximum atomic E-state index is 12.1. The summed E-state index contributed by atoms with van der Waals surface area (Å²) in [5, 5.41) is 12.2. The molecule has 0 radical (unpaired) electrons. The van der Waals surface area contributed by atoms with Crippen molar-refractivity contribution in [1.82, 2.24) is 5.32 Å². The van der Waals surface area contributed by atoms with Crippen LogP contribution in [0, 0.1) is 0 Å². The Morgan fingerprint density at radius 3 is 2.50 bits per heavy atom. The van der Waals surface area contributed by atoms with E-state index in [1.807, 2.05) is 0 Å². The van der Waals surface area contributed by atoms with Gasteiger partial charge < -0.3 is 10.4 Å². The lowest BCUT2D eigenvalue weighted by molar-refractivity contribution is 0.272. The van der Waals surface area contributed by atoms with E-state index < -0.39 is 9.84 Å². The van der Waals surface area contributed by atoms with E-state index in [2.05, 4.69) is 5.32 Å². The Hall–Kier alpha value is -0.330. The molecular formula is C11H15Cl2NO3S. The summed E-state index contributed by atoms with van der Waals surface area (Å²) in [4.78, 5) is 0.134. The zero-order valence-electron chi connectivity index (χ0n) is 9.86. The quantitative estimate of drug-likeness (QED) is 0.840. The molecule has 0 aliphatic rings. The fraction of sp³-hybridized carbons (Fsp3) is 0.455. The van der Waals surface area contributed by atoms with Gasteiger partial charge in [-0.15, -0.1) is 0 Å². The van der Waals surface area contributed by atoms with Crippen molar-refractivity contribution in [3.8, 4) is 0 Å². The van der Waals surface area contributed by atoms with E-state index >= 15 is 0 Å². The van der Waals surface area contributed by atoms with Crippen molar-refractivity contribution in [3.63, 3.8) is 0 Å². The molecule has 7 heteroatoms. The molecule has 0 fully saturated rings. The smallest absolute Gasteiger partial charge is 0.179 e. The van der Waals surface area contributed by atoms with Gasteiger partial charge in [-0.25, -0.2) is 8.42 Å². The van der Waals surface area contributed by atoms with E-state index in [0.29, 0.717) is 11.4 Å². The molecule has 0 saturated heterocycles. The first kappa shape index (κ1) is 15.7. The molecule has 0 heterocycles. The van der Waals surface area contributed by atoms with Gasteiger partial charge in [0.25, 0.3) is 0 Å². The lowest BCUT2D eigenvalue weighted by Crippen LogP contribution is -2.33. The average Bonchev–Trinajstić information content (AvgIpc) is 2.31. The van der Waals surface area contributed by atoms with Gasteiger partial charge in [0.2, 0.25) is 0 Å². The summed E-state index contributed by atoms with van der Waals surface area (Å²) >= 11 is 11.5. The highest BCUT2D eigenvalue weighted by molar-refractivity contribution is 7.91. The second kappa shape index (κ2) is 6.73. The summed E-state index contributed by atoms with van der Waals surface area (Å²) in [6.45, 7) is -0.0671. The predicted molar refractivity (Wildman–Crippen MR) is 73.1 cm³/mol. The van der Waals surface area contributed by atoms with Crippen LogP contribution >= 0.6 is 23.2 Å². The highest BCUT2D eigenvalue weighted by Crippen LogP contribution is 2.25. The van der Waals surface area contributed by atoms with E-state index in [-0.39, 0.29) is 28.3 Å². The summed E-state index contributed by atoms with van der Waals surface area (Å²) in [5.41, 5.74) is 0. The van der Waals surface area contributed by atoms with E-state index in [4.69, 9.17) is 28.3 Å². The maximum absolute atomic E-state index is 12.1. The van der Waals surface area contributed by atoms with Crippen LogP contribution < -0.4 is 5.32 Å². The number of aliphatic hydroxyl groups is 1. The Morgan fingerprint density at radius 1 is 1.33 bits per heavy atom. The van der Waals surface area contributed by atoms with Gasteiger partial charge in [-0.3, -0.25) is 0 Å². The largest absolute Gasteiger partial charge is 0.396 e. The first-order valence-corrected chi connectivity index (χ1v) is 7.77. The molecule has 0 bridgehead atoms. The third-order valence-corrected chi connectivity index (χ3v) is 5.11.